The minimum absolute atomic E-state index is 0.0437. The number of hydrogen-bond donors (Lipinski definition) is 2. The van der Waals surface area contributed by atoms with Crippen molar-refractivity contribution in [3.63, 3.8) is 0 Å². The molecule has 2 amide bonds. The van der Waals surface area contributed by atoms with Gasteiger partial charge in [0.15, 0.2) is 6.61 Å². The van der Waals surface area contributed by atoms with Gasteiger partial charge < -0.3 is 20.1 Å². The van der Waals surface area contributed by atoms with E-state index in [-0.39, 0.29) is 28.6 Å². The molecule has 3 rings (SSSR count). The van der Waals surface area contributed by atoms with E-state index >= 15 is 0 Å². The zero-order valence-corrected chi connectivity index (χ0v) is 15.8. The van der Waals surface area contributed by atoms with Crippen LogP contribution in [0.2, 0.25) is 0 Å². The molecule has 8 nitrogen and oxygen atoms in total. The molecule has 0 aliphatic heterocycles. The number of nitrogens with one attached hydrogen (secondary N) is 2. The Morgan fingerprint density at radius 2 is 1.72 bits per heavy atom. The summed E-state index contributed by atoms with van der Waals surface area (Å²) in [5.41, 5.74) is 1.15. The standard InChI is InChI=1S/C21H20N2O6/c1-28-21(27)16-7-2-3-8-17(16)23-18(24)12-29-20(26)14-5-4-6-15(11-14)22-19(25)13-9-10-13/h2-8,11,13H,9-10,12H2,1H3,(H,22,25)(H,23,24). The van der Waals surface area contributed by atoms with Gasteiger partial charge in [-0.25, -0.2) is 9.59 Å². The molecule has 0 unspecified atom stereocenters. The lowest BCUT2D eigenvalue weighted by Crippen LogP contribution is -2.22. The van der Waals surface area contributed by atoms with Crippen LogP contribution in [-0.2, 0) is 19.1 Å². The van der Waals surface area contributed by atoms with Crippen LogP contribution in [0, 0.1) is 5.92 Å². The van der Waals surface area contributed by atoms with Crippen molar-refractivity contribution in [1.82, 2.24) is 0 Å². The van der Waals surface area contributed by atoms with E-state index in [1.54, 1.807) is 24.3 Å². The number of methoxy groups -OCH3 is 1. The van der Waals surface area contributed by atoms with Crippen molar-refractivity contribution < 1.29 is 28.7 Å². The lowest BCUT2D eigenvalue weighted by molar-refractivity contribution is -0.119. The van der Waals surface area contributed by atoms with Crippen molar-refractivity contribution >= 4 is 35.1 Å². The van der Waals surface area contributed by atoms with Gasteiger partial charge >= 0.3 is 11.9 Å². The lowest BCUT2D eigenvalue weighted by atomic mass is 10.2. The number of rotatable bonds is 7. The maximum absolute atomic E-state index is 12.2. The Morgan fingerprint density at radius 3 is 2.45 bits per heavy atom. The average Bonchev–Trinajstić information content (AvgIpc) is 3.57. The Kier molecular flexibility index (Phi) is 6.23. The Morgan fingerprint density at radius 1 is 0.966 bits per heavy atom. The number of hydrogen-bond acceptors (Lipinski definition) is 6. The molecule has 0 radical (unpaired) electrons. The molecular formula is C21H20N2O6. The van der Waals surface area contributed by atoms with Crippen molar-refractivity contribution in [2.45, 2.75) is 12.8 Å². The Labute approximate surface area is 167 Å². The molecule has 1 saturated carbocycles. The first-order valence-electron chi connectivity index (χ1n) is 9.03. The molecule has 0 saturated heterocycles. The van der Waals surface area contributed by atoms with E-state index in [1.165, 1.54) is 31.4 Å². The second-order valence-corrected chi connectivity index (χ2v) is 6.51. The van der Waals surface area contributed by atoms with Gasteiger partial charge in [0.2, 0.25) is 5.91 Å². The average molecular weight is 396 g/mol. The van der Waals surface area contributed by atoms with E-state index in [2.05, 4.69) is 15.4 Å². The number of para-hydroxylation sites is 1. The van der Waals surface area contributed by atoms with Crippen LogP contribution in [0.1, 0.15) is 33.6 Å². The predicted molar refractivity (Wildman–Crippen MR) is 104 cm³/mol. The first kappa shape index (κ1) is 20.1. The highest BCUT2D eigenvalue weighted by Crippen LogP contribution is 2.30. The summed E-state index contributed by atoms with van der Waals surface area (Å²) in [5, 5.41) is 5.26. The highest BCUT2D eigenvalue weighted by Gasteiger charge is 2.29. The molecule has 1 fully saturated rings. The first-order valence-corrected chi connectivity index (χ1v) is 9.03. The molecule has 1 aliphatic carbocycles. The van der Waals surface area contributed by atoms with E-state index in [4.69, 9.17) is 4.74 Å². The highest BCUT2D eigenvalue weighted by molar-refractivity contribution is 6.02. The minimum atomic E-state index is -0.705. The number of amides is 2. The third kappa shape index (κ3) is 5.41. The number of benzene rings is 2. The molecule has 0 aromatic heterocycles. The third-order valence-corrected chi connectivity index (χ3v) is 4.25. The van der Waals surface area contributed by atoms with Crippen molar-refractivity contribution in [3.05, 3.63) is 59.7 Å². The van der Waals surface area contributed by atoms with Gasteiger partial charge in [0, 0.05) is 11.6 Å². The van der Waals surface area contributed by atoms with Crippen molar-refractivity contribution in [2.75, 3.05) is 24.4 Å². The SMILES string of the molecule is COC(=O)c1ccccc1NC(=O)COC(=O)c1cccc(NC(=O)C2CC2)c1. The molecule has 2 N–H and O–H groups in total. The van der Waals surface area contributed by atoms with Crippen LogP contribution in [-0.4, -0.2) is 37.5 Å². The van der Waals surface area contributed by atoms with Gasteiger partial charge in [0.1, 0.15) is 0 Å². The monoisotopic (exact) mass is 396 g/mol. The van der Waals surface area contributed by atoms with Gasteiger partial charge in [-0.3, -0.25) is 9.59 Å². The Bertz CT molecular complexity index is 952. The van der Waals surface area contributed by atoms with Crippen LogP contribution in [0.4, 0.5) is 11.4 Å². The van der Waals surface area contributed by atoms with Gasteiger partial charge in [-0.1, -0.05) is 18.2 Å². The topological polar surface area (TPSA) is 111 Å². The molecule has 150 valence electrons. The summed E-state index contributed by atoms with van der Waals surface area (Å²) in [7, 11) is 1.24. The van der Waals surface area contributed by atoms with Crippen LogP contribution >= 0.6 is 0 Å². The summed E-state index contributed by atoms with van der Waals surface area (Å²) in [4.78, 5) is 47.9. The van der Waals surface area contributed by atoms with E-state index in [0.29, 0.717) is 5.69 Å². The predicted octanol–water partition coefficient (Wildman–Crippen LogP) is 2.62. The van der Waals surface area contributed by atoms with Gasteiger partial charge in [-0.15, -0.1) is 0 Å². The fourth-order valence-electron chi connectivity index (χ4n) is 2.59. The number of carbonyl (C=O) groups is 4. The van der Waals surface area contributed by atoms with Crippen molar-refractivity contribution in [2.24, 2.45) is 5.92 Å². The summed E-state index contributed by atoms with van der Waals surface area (Å²) in [6.07, 6.45) is 1.75. The molecule has 0 atom stereocenters. The number of carbonyl (C=O) groups excluding carboxylic acids is 4. The van der Waals surface area contributed by atoms with Crippen molar-refractivity contribution in [1.29, 1.82) is 0 Å². The molecule has 8 heteroatoms. The second-order valence-electron chi connectivity index (χ2n) is 6.51. The van der Waals surface area contributed by atoms with E-state index < -0.39 is 24.5 Å². The number of ether oxygens (including phenoxy) is 2. The first-order chi connectivity index (χ1) is 14.0. The second kappa shape index (κ2) is 9.01. The summed E-state index contributed by atoms with van der Waals surface area (Å²) >= 11 is 0. The molecule has 29 heavy (non-hydrogen) atoms. The quantitative estimate of drug-likeness (QED) is 0.696. The minimum Gasteiger partial charge on any atom is -0.465 e. The smallest absolute Gasteiger partial charge is 0.339 e. The molecule has 0 heterocycles. The number of esters is 2. The Balaban J connectivity index is 1.56. The Hall–Kier alpha value is -3.68. The van der Waals surface area contributed by atoms with Crippen LogP contribution in [0.5, 0.6) is 0 Å². The van der Waals surface area contributed by atoms with Crippen molar-refractivity contribution in [3.8, 4) is 0 Å². The normalized spacial score (nSPS) is 12.6. The van der Waals surface area contributed by atoms with E-state index in [9.17, 15) is 19.2 Å². The van der Waals surface area contributed by atoms with Gasteiger partial charge in [-0.05, 0) is 43.2 Å². The summed E-state index contributed by atoms with van der Waals surface area (Å²) in [6.45, 7) is -0.535. The van der Waals surface area contributed by atoms with Crippen LogP contribution in [0.3, 0.4) is 0 Å². The largest absolute Gasteiger partial charge is 0.465 e. The summed E-state index contributed by atoms with van der Waals surface area (Å²) in [5.74, 6) is -1.93. The highest BCUT2D eigenvalue weighted by atomic mass is 16.5. The molecular weight excluding hydrogens is 376 g/mol. The number of anilines is 2. The van der Waals surface area contributed by atoms with E-state index in [0.717, 1.165) is 12.8 Å². The van der Waals surface area contributed by atoms with Crippen LogP contribution < -0.4 is 10.6 Å². The van der Waals surface area contributed by atoms with E-state index in [1.807, 2.05) is 0 Å². The maximum Gasteiger partial charge on any atom is 0.339 e. The van der Waals surface area contributed by atoms with Gasteiger partial charge in [0.25, 0.3) is 5.91 Å². The molecule has 2 aromatic rings. The fourth-order valence-corrected chi connectivity index (χ4v) is 2.59. The summed E-state index contributed by atoms with van der Waals surface area (Å²) < 4.78 is 9.69. The lowest BCUT2D eigenvalue weighted by Gasteiger charge is -2.10. The molecule has 0 bridgehead atoms. The molecule has 0 spiro atoms. The summed E-state index contributed by atoms with van der Waals surface area (Å²) in [6, 6.07) is 12.6. The van der Waals surface area contributed by atoms with Crippen LogP contribution in [0.25, 0.3) is 0 Å². The third-order valence-electron chi connectivity index (χ3n) is 4.25. The van der Waals surface area contributed by atoms with Gasteiger partial charge in [-0.2, -0.15) is 0 Å². The maximum atomic E-state index is 12.2. The molecule has 2 aromatic carbocycles. The molecule has 1 aliphatic rings. The van der Waals surface area contributed by atoms with Crippen LogP contribution in [0.15, 0.2) is 48.5 Å². The zero-order valence-electron chi connectivity index (χ0n) is 15.8. The zero-order chi connectivity index (χ0) is 20.8. The van der Waals surface area contributed by atoms with Gasteiger partial charge in [0.05, 0.1) is 23.9 Å². The fraction of sp³-hybridized carbons (Fsp3) is 0.238.